The number of hydrogen-bond donors (Lipinski definition) is 1. The highest BCUT2D eigenvalue weighted by molar-refractivity contribution is 5.91. The van der Waals surface area contributed by atoms with Gasteiger partial charge in [-0.25, -0.2) is 4.98 Å². The first-order valence-corrected chi connectivity index (χ1v) is 6.83. The van der Waals surface area contributed by atoms with Crippen molar-refractivity contribution in [2.75, 3.05) is 7.11 Å². The van der Waals surface area contributed by atoms with Crippen LogP contribution in [0.2, 0.25) is 0 Å². The molecule has 0 radical (unpaired) electrons. The molecule has 1 heterocycles. The van der Waals surface area contributed by atoms with Crippen LogP contribution in [0.3, 0.4) is 0 Å². The summed E-state index contributed by atoms with van der Waals surface area (Å²) in [7, 11) is 1.66. The fourth-order valence-corrected chi connectivity index (χ4v) is 2.03. The SMILES string of the molecule is COc1ccc(CNC(=O)c2cnccn2)cc1C(C)C. The fraction of sp³-hybridized carbons (Fsp3) is 0.312. The molecule has 0 bridgehead atoms. The summed E-state index contributed by atoms with van der Waals surface area (Å²) < 4.78 is 5.35. The Morgan fingerprint density at radius 3 is 2.76 bits per heavy atom. The highest BCUT2D eigenvalue weighted by atomic mass is 16.5. The van der Waals surface area contributed by atoms with Gasteiger partial charge in [0, 0.05) is 18.9 Å². The lowest BCUT2D eigenvalue weighted by Crippen LogP contribution is -2.24. The molecule has 0 saturated heterocycles. The number of nitrogens with one attached hydrogen (secondary N) is 1. The van der Waals surface area contributed by atoms with Gasteiger partial charge in [0.25, 0.3) is 5.91 Å². The summed E-state index contributed by atoms with van der Waals surface area (Å²) in [6, 6.07) is 5.93. The minimum Gasteiger partial charge on any atom is -0.496 e. The van der Waals surface area contributed by atoms with Gasteiger partial charge in [-0.15, -0.1) is 0 Å². The average molecular weight is 285 g/mol. The predicted molar refractivity (Wildman–Crippen MR) is 80.3 cm³/mol. The van der Waals surface area contributed by atoms with Gasteiger partial charge in [-0.3, -0.25) is 9.78 Å². The van der Waals surface area contributed by atoms with E-state index >= 15 is 0 Å². The molecule has 0 aliphatic rings. The van der Waals surface area contributed by atoms with E-state index in [2.05, 4.69) is 35.2 Å². The molecule has 1 aromatic carbocycles. The highest BCUT2D eigenvalue weighted by Crippen LogP contribution is 2.27. The van der Waals surface area contributed by atoms with Crippen molar-refractivity contribution in [2.45, 2.75) is 26.3 Å². The molecule has 0 aliphatic heterocycles. The number of methoxy groups -OCH3 is 1. The van der Waals surface area contributed by atoms with Gasteiger partial charge in [-0.05, 0) is 23.1 Å². The number of benzene rings is 1. The third kappa shape index (κ3) is 3.78. The van der Waals surface area contributed by atoms with Crippen molar-refractivity contribution in [3.8, 4) is 5.75 Å². The van der Waals surface area contributed by atoms with Gasteiger partial charge in [-0.1, -0.05) is 26.0 Å². The van der Waals surface area contributed by atoms with E-state index < -0.39 is 0 Å². The molecule has 0 fully saturated rings. The maximum Gasteiger partial charge on any atom is 0.271 e. The van der Waals surface area contributed by atoms with Gasteiger partial charge in [0.1, 0.15) is 11.4 Å². The van der Waals surface area contributed by atoms with Crippen LogP contribution in [0, 0.1) is 0 Å². The zero-order chi connectivity index (χ0) is 15.2. The molecular weight excluding hydrogens is 266 g/mol. The summed E-state index contributed by atoms with van der Waals surface area (Å²) in [6.07, 6.45) is 4.48. The molecule has 2 aromatic rings. The average Bonchev–Trinajstić information content (AvgIpc) is 2.53. The molecule has 5 nitrogen and oxygen atoms in total. The fourth-order valence-electron chi connectivity index (χ4n) is 2.03. The van der Waals surface area contributed by atoms with Crippen molar-refractivity contribution in [2.24, 2.45) is 0 Å². The van der Waals surface area contributed by atoms with Crippen LogP contribution in [0.15, 0.2) is 36.8 Å². The molecular formula is C16H19N3O2. The van der Waals surface area contributed by atoms with Crippen LogP contribution < -0.4 is 10.1 Å². The van der Waals surface area contributed by atoms with E-state index in [1.165, 1.54) is 18.6 Å². The first kappa shape index (κ1) is 15.0. The van der Waals surface area contributed by atoms with Crippen molar-refractivity contribution in [1.82, 2.24) is 15.3 Å². The Morgan fingerprint density at radius 1 is 1.33 bits per heavy atom. The van der Waals surface area contributed by atoms with Gasteiger partial charge in [0.2, 0.25) is 0 Å². The second-order valence-electron chi connectivity index (χ2n) is 5.00. The van der Waals surface area contributed by atoms with Crippen LogP contribution in [0.25, 0.3) is 0 Å². The van der Waals surface area contributed by atoms with Crippen molar-refractivity contribution >= 4 is 5.91 Å². The number of ether oxygens (including phenoxy) is 1. The molecule has 21 heavy (non-hydrogen) atoms. The van der Waals surface area contributed by atoms with Crippen LogP contribution in [-0.2, 0) is 6.54 Å². The summed E-state index contributed by atoms with van der Waals surface area (Å²) in [4.78, 5) is 19.8. The topological polar surface area (TPSA) is 64.1 Å². The lowest BCUT2D eigenvalue weighted by atomic mass is 9.99. The van der Waals surface area contributed by atoms with Crippen LogP contribution in [0.1, 0.15) is 41.4 Å². The second kappa shape index (κ2) is 6.83. The molecule has 0 atom stereocenters. The standard InChI is InChI=1S/C16H19N3O2/c1-11(2)13-8-12(4-5-15(13)21-3)9-19-16(20)14-10-17-6-7-18-14/h4-8,10-11H,9H2,1-3H3,(H,19,20). The molecule has 0 aliphatic carbocycles. The molecule has 1 N–H and O–H groups in total. The van der Waals surface area contributed by atoms with E-state index in [0.29, 0.717) is 18.2 Å². The van der Waals surface area contributed by atoms with Crippen molar-refractivity contribution in [3.63, 3.8) is 0 Å². The second-order valence-corrected chi connectivity index (χ2v) is 5.00. The molecule has 1 aromatic heterocycles. The first-order valence-electron chi connectivity index (χ1n) is 6.83. The first-order chi connectivity index (χ1) is 10.1. The van der Waals surface area contributed by atoms with Gasteiger partial charge in [0.15, 0.2) is 0 Å². The van der Waals surface area contributed by atoms with Gasteiger partial charge >= 0.3 is 0 Å². The van der Waals surface area contributed by atoms with Gasteiger partial charge in [0.05, 0.1) is 13.3 Å². The number of rotatable bonds is 5. The minimum atomic E-state index is -0.231. The van der Waals surface area contributed by atoms with Crippen LogP contribution >= 0.6 is 0 Å². The van der Waals surface area contributed by atoms with Crippen LogP contribution in [0.4, 0.5) is 0 Å². The normalized spacial score (nSPS) is 10.5. The smallest absolute Gasteiger partial charge is 0.271 e. The summed E-state index contributed by atoms with van der Waals surface area (Å²) in [5, 5.41) is 2.84. The van der Waals surface area contributed by atoms with Crippen molar-refractivity contribution in [1.29, 1.82) is 0 Å². The summed E-state index contributed by atoms with van der Waals surface area (Å²) in [5.41, 5.74) is 2.47. The Hall–Kier alpha value is -2.43. The minimum absolute atomic E-state index is 0.231. The Bertz CT molecular complexity index is 612. The van der Waals surface area contributed by atoms with Gasteiger partial charge < -0.3 is 10.1 Å². The monoisotopic (exact) mass is 285 g/mol. The van der Waals surface area contributed by atoms with Crippen molar-refractivity contribution < 1.29 is 9.53 Å². The Labute approximate surface area is 124 Å². The van der Waals surface area contributed by atoms with E-state index in [-0.39, 0.29) is 5.91 Å². The van der Waals surface area contributed by atoms with E-state index in [1.807, 2.05) is 12.1 Å². The van der Waals surface area contributed by atoms with Crippen LogP contribution in [0.5, 0.6) is 5.75 Å². The van der Waals surface area contributed by atoms with Crippen LogP contribution in [-0.4, -0.2) is 23.0 Å². The third-order valence-corrected chi connectivity index (χ3v) is 3.17. The predicted octanol–water partition coefficient (Wildman–Crippen LogP) is 2.54. The Balaban J connectivity index is 2.07. The molecule has 2 rings (SSSR count). The lowest BCUT2D eigenvalue weighted by Gasteiger charge is -2.14. The van der Waals surface area contributed by atoms with E-state index in [1.54, 1.807) is 7.11 Å². The zero-order valence-electron chi connectivity index (χ0n) is 12.5. The van der Waals surface area contributed by atoms with E-state index in [4.69, 9.17) is 4.74 Å². The summed E-state index contributed by atoms with van der Waals surface area (Å²) in [5.74, 6) is 0.995. The highest BCUT2D eigenvalue weighted by Gasteiger charge is 2.10. The van der Waals surface area contributed by atoms with E-state index in [9.17, 15) is 4.79 Å². The third-order valence-electron chi connectivity index (χ3n) is 3.17. The summed E-state index contributed by atoms with van der Waals surface area (Å²) in [6.45, 7) is 4.67. The maximum absolute atomic E-state index is 11.9. The molecule has 0 spiro atoms. The molecule has 0 saturated carbocycles. The Kier molecular flexibility index (Phi) is 4.87. The van der Waals surface area contributed by atoms with Crippen molar-refractivity contribution in [3.05, 3.63) is 53.6 Å². The zero-order valence-corrected chi connectivity index (χ0v) is 12.5. The molecule has 1 amide bonds. The number of hydrogen-bond acceptors (Lipinski definition) is 4. The summed E-state index contributed by atoms with van der Waals surface area (Å²) >= 11 is 0. The van der Waals surface area contributed by atoms with Gasteiger partial charge in [-0.2, -0.15) is 0 Å². The number of aromatic nitrogens is 2. The maximum atomic E-state index is 11.9. The molecule has 110 valence electrons. The number of nitrogens with zero attached hydrogens (tertiary/aromatic N) is 2. The number of carbonyl (C=O) groups excluding carboxylic acids is 1. The van der Waals surface area contributed by atoms with E-state index in [0.717, 1.165) is 16.9 Å². The molecule has 5 heteroatoms. The lowest BCUT2D eigenvalue weighted by molar-refractivity contribution is 0.0945. The largest absolute Gasteiger partial charge is 0.496 e. The Morgan fingerprint density at radius 2 is 2.14 bits per heavy atom. The molecule has 0 unspecified atom stereocenters. The quantitative estimate of drug-likeness (QED) is 0.917. The number of amides is 1. The number of carbonyl (C=O) groups is 1.